The average molecular weight is 169 g/mol. The van der Waals surface area contributed by atoms with Crippen LogP contribution in [0, 0.1) is 0 Å². The van der Waals surface area contributed by atoms with Gasteiger partial charge in [-0.15, -0.1) is 11.6 Å². The Morgan fingerprint density at radius 3 is 2.33 bits per heavy atom. The quantitative estimate of drug-likeness (QED) is 0.336. The fourth-order valence-electron chi connectivity index (χ4n) is 0.576. The maximum Gasteiger partial charge on any atom is 0.134 e. The van der Waals surface area contributed by atoms with Gasteiger partial charge in [-0.2, -0.15) is 0 Å². The lowest BCUT2D eigenvalue weighted by Crippen LogP contribution is -2.21. The Morgan fingerprint density at radius 1 is 1.44 bits per heavy atom. The summed E-state index contributed by atoms with van der Waals surface area (Å²) >= 11 is 5.48. The molecule has 0 aromatic rings. The van der Waals surface area contributed by atoms with Crippen LogP contribution in [0.15, 0.2) is 0 Å². The Balaban J connectivity index is 3.09. The second-order valence-corrected chi connectivity index (χ2v) is 4.06. The summed E-state index contributed by atoms with van der Waals surface area (Å²) in [6, 6.07) is 1.08. The highest BCUT2D eigenvalue weighted by atomic mass is 35.5. The Labute approximate surface area is 63.3 Å². The van der Waals surface area contributed by atoms with Gasteiger partial charge in [-0.1, -0.05) is 0 Å². The van der Waals surface area contributed by atoms with Crippen LogP contribution in [0.25, 0.3) is 0 Å². The molecule has 0 heterocycles. The first kappa shape index (κ1) is 9.43. The molecule has 0 saturated heterocycles. The Hall–Kier alpha value is 0.427. The molecule has 0 amide bonds. The van der Waals surface area contributed by atoms with Gasteiger partial charge in [0.15, 0.2) is 0 Å². The van der Waals surface area contributed by atoms with Gasteiger partial charge in [0, 0.05) is 20.1 Å². The molecule has 0 aromatic carbocycles. The van der Waals surface area contributed by atoms with Crippen LogP contribution in [-0.4, -0.2) is 35.5 Å². The summed E-state index contributed by atoms with van der Waals surface area (Å²) in [6.07, 6.45) is 0. The molecule has 2 nitrogen and oxygen atoms in total. The summed E-state index contributed by atoms with van der Waals surface area (Å²) in [5.41, 5.74) is 0. The van der Waals surface area contributed by atoms with E-state index in [9.17, 15) is 0 Å². The number of ether oxygens (including phenoxy) is 2. The van der Waals surface area contributed by atoms with Crippen LogP contribution in [0.1, 0.15) is 0 Å². The van der Waals surface area contributed by atoms with E-state index in [1.165, 1.54) is 0 Å². The predicted molar refractivity (Wildman–Crippen MR) is 41.9 cm³/mol. The molecule has 4 heteroatoms. The smallest absolute Gasteiger partial charge is 0.134 e. The zero-order chi connectivity index (χ0) is 7.11. The molecular weight excluding hydrogens is 156 g/mol. The molecule has 56 valence electrons. The van der Waals surface area contributed by atoms with Gasteiger partial charge in [0.25, 0.3) is 0 Å². The highest BCUT2D eigenvalue weighted by Crippen LogP contribution is 1.92. The number of halogens is 1. The molecule has 0 saturated carbocycles. The molecule has 0 aliphatic heterocycles. The van der Waals surface area contributed by atoms with Crippen LogP contribution < -0.4 is 0 Å². The van der Waals surface area contributed by atoms with Crippen molar-refractivity contribution >= 4 is 21.1 Å². The third-order valence-electron chi connectivity index (χ3n) is 1.10. The first-order chi connectivity index (χ1) is 4.35. The van der Waals surface area contributed by atoms with Crippen molar-refractivity contribution in [3.05, 3.63) is 0 Å². The largest absolute Gasteiger partial charge is 0.360 e. The van der Waals surface area contributed by atoms with E-state index >= 15 is 0 Å². The van der Waals surface area contributed by atoms with Crippen LogP contribution >= 0.6 is 11.6 Å². The highest BCUT2D eigenvalue weighted by molar-refractivity contribution is 6.38. The van der Waals surface area contributed by atoms with Gasteiger partial charge >= 0.3 is 0 Å². The maximum atomic E-state index is 5.48. The van der Waals surface area contributed by atoms with Crippen molar-refractivity contribution in [3.63, 3.8) is 0 Å². The molecule has 9 heavy (non-hydrogen) atoms. The summed E-state index contributed by atoms with van der Waals surface area (Å²) in [5.74, 6) is 0.791. The predicted octanol–water partition coefficient (Wildman–Crippen LogP) is 0.389. The minimum absolute atomic E-state index is 0.0590. The van der Waals surface area contributed by atoms with Crippen LogP contribution in [0.4, 0.5) is 0 Å². The molecule has 0 aromatic heterocycles. The van der Waals surface area contributed by atoms with Gasteiger partial charge < -0.3 is 9.47 Å². The average Bonchev–Trinajstić information content (AvgIpc) is 1.91. The van der Waals surface area contributed by atoms with Crippen molar-refractivity contribution in [1.82, 2.24) is 0 Å². The topological polar surface area (TPSA) is 18.5 Å². The third kappa shape index (κ3) is 4.90. The van der Waals surface area contributed by atoms with E-state index in [1.807, 2.05) is 0 Å². The molecule has 0 aliphatic rings. The van der Waals surface area contributed by atoms with Crippen molar-refractivity contribution in [1.29, 1.82) is 0 Å². The van der Waals surface area contributed by atoms with Crippen LogP contribution in [0.5, 0.6) is 0 Å². The zero-order valence-electron chi connectivity index (χ0n) is 5.89. The third-order valence-corrected chi connectivity index (χ3v) is 3.71. The lowest BCUT2D eigenvalue weighted by molar-refractivity contribution is -0.0439. The van der Waals surface area contributed by atoms with E-state index in [0.717, 1.165) is 11.9 Å². The minimum Gasteiger partial charge on any atom is -0.360 e. The minimum atomic E-state index is -0.251. The molecule has 0 aliphatic carbocycles. The number of alkyl halides is 1. The second-order valence-electron chi connectivity index (χ2n) is 1.73. The Morgan fingerprint density at radius 2 is 2.00 bits per heavy atom. The number of hydrogen-bond acceptors (Lipinski definition) is 2. The standard InChI is InChI=1S/C5H13ClO2Si/c1-7-5(8-2)9-4-3-6/h5H,3-4,9H2,1-2H3. The first-order valence-corrected chi connectivity index (χ1v) is 5.31. The lowest BCUT2D eigenvalue weighted by atomic mass is 11.0. The number of rotatable bonds is 5. The molecule has 0 unspecified atom stereocenters. The van der Waals surface area contributed by atoms with Gasteiger partial charge in [-0.3, -0.25) is 0 Å². The van der Waals surface area contributed by atoms with Crippen molar-refractivity contribution in [3.8, 4) is 0 Å². The molecule has 0 fully saturated rings. The number of hydrogen-bond donors (Lipinski definition) is 0. The molecule has 0 radical (unpaired) electrons. The first-order valence-electron chi connectivity index (χ1n) is 2.96. The molecular formula is C5H13ClO2Si. The SMILES string of the molecule is COC(OC)[SiH2]CCCl. The molecule has 0 N–H and O–H groups in total. The van der Waals surface area contributed by atoms with Crippen molar-refractivity contribution in [2.24, 2.45) is 0 Å². The summed E-state index contributed by atoms with van der Waals surface area (Å²) in [5, 5.41) is 0. The molecule has 0 spiro atoms. The van der Waals surface area contributed by atoms with Crippen LogP contribution in [-0.2, 0) is 9.47 Å². The van der Waals surface area contributed by atoms with Crippen molar-refractivity contribution < 1.29 is 9.47 Å². The van der Waals surface area contributed by atoms with Crippen molar-refractivity contribution in [2.45, 2.75) is 12.0 Å². The highest BCUT2D eigenvalue weighted by Gasteiger charge is 2.02. The fourth-order valence-corrected chi connectivity index (χ4v) is 2.00. The lowest BCUT2D eigenvalue weighted by Gasteiger charge is -2.10. The van der Waals surface area contributed by atoms with Gasteiger partial charge in [0.1, 0.15) is 5.91 Å². The van der Waals surface area contributed by atoms with E-state index in [0.29, 0.717) is 0 Å². The van der Waals surface area contributed by atoms with Gasteiger partial charge in [0.05, 0.1) is 9.52 Å². The van der Waals surface area contributed by atoms with E-state index in [4.69, 9.17) is 21.1 Å². The van der Waals surface area contributed by atoms with Crippen molar-refractivity contribution in [2.75, 3.05) is 20.1 Å². The fraction of sp³-hybridized carbons (Fsp3) is 1.00. The van der Waals surface area contributed by atoms with Crippen LogP contribution in [0.3, 0.4) is 0 Å². The molecule has 0 bridgehead atoms. The summed E-state index contributed by atoms with van der Waals surface area (Å²) < 4.78 is 9.96. The summed E-state index contributed by atoms with van der Waals surface area (Å²) in [7, 11) is 3.07. The Kier molecular flexibility index (Phi) is 6.86. The Bertz CT molecular complexity index is 58.9. The summed E-state index contributed by atoms with van der Waals surface area (Å²) in [6.45, 7) is 0. The van der Waals surface area contributed by atoms with Gasteiger partial charge in [-0.05, 0) is 6.04 Å². The maximum absolute atomic E-state index is 5.48. The normalized spacial score (nSPS) is 12.0. The van der Waals surface area contributed by atoms with E-state index in [-0.39, 0.29) is 15.4 Å². The summed E-state index contributed by atoms with van der Waals surface area (Å²) in [4.78, 5) is 0. The van der Waals surface area contributed by atoms with Gasteiger partial charge in [-0.25, -0.2) is 0 Å². The monoisotopic (exact) mass is 168 g/mol. The zero-order valence-corrected chi connectivity index (χ0v) is 8.06. The van der Waals surface area contributed by atoms with Gasteiger partial charge in [0.2, 0.25) is 0 Å². The van der Waals surface area contributed by atoms with E-state index < -0.39 is 0 Å². The number of methoxy groups -OCH3 is 2. The molecule has 0 atom stereocenters. The molecule has 0 rings (SSSR count). The van der Waals surface area contributed by atoms with Crippen LogP contribution in [0.2, 0.25) is 6.04 Å². The van der Waals surface area contributed by atoms with E-state index in [2.05, 4.69) is 0 Å². The second kappa shape index (κ2) is 6.55. The van der Waals surface area contributed by atoms with E-state index in [1.54, 1.807) is 14.2 Å².